The predicted octanol–water partition coefficient (Wildman–Crippen LogP) is 1.71. The number of nitrogens with two attached hydrogens (primary N) is 1. The highest BCUT2D eigenvalue weighted by atomic mass is 19.1. The van der Waals surface area contributed by atoms with Crippen LogP contribution in [0.5, 0.6) is 0 Å². The first-order valence-corrected chi connectivity index (χ1v) is 6.76. The van der Waals surface area contributed by atoms with Gasteiger partial charge in [0, 0.05) is 23.8 Å². The second-order valence-electron chi connectivity index (χ2n) is 5.12. The molecule has 0 radical (unpaired) electrons. The fourth-order valence-electron chi connectivity index (χ4n) is 2.06. The van der Waals surface area contributed by atoms with Gasteiger partial charge in [0.15, 0.2) is 0 Å². The normalized spacial score (nSPS) is 12.2. The quantitative estimate of drug-likeness (QED) is 0.900. The minimum absolute atomic E-state index is 0.156. The van der Waals surface area contributed by atoms with E-state index in [1.165, 1.54) is 10.7 Å². The maximum absolute atomic E-state index is 14.2. The summed E-state index contributed by atoms with van der Waals surface area (Å²) >= 11 is 0. The van der Waals surface area contributed by atoms with Crippen LogP contribution >= 0.6 is 0 Å². The minimum Gasteiger partial charge on any atom is -0.348 e. The van der Waals surface area contributed by atoms with Crippen molar-refractivity contribution in [2.75, 3.05) is 6.54 Å². The Morgan fingerprint density at radius 1 is 1.43 bits per heavy atom. The topological polar surface area (TPSA) is 72.9 Å². The average Bonchev–Trinajstić information content (AvgIpc) is 2.77. The number of hydrogen-bond donors (Lipinski definition) is 2. The summed E-state index contributed by atoms with van der Waals surface area (Å²) in [5, 5.41) is 6.93. The van der Waals surface area contributed by atoms with E-state index in [-0.39, 0.29) is 17.5 Å². The molecule has 1 atom stereocenters. The Bertz CT molecular complexity index is 666. The number of aromatic nitrogens is 2. The van der Waals surface area contributed by atoms with E-state index in [4.69, 9.17) is 5.73 Å². The van der Waals surface area contributed by atoms with Gasteiger partial charge in [0.05, 0.1) is 5.69 Å². The lowest BCUT2D eigenvalue weighted by molar-refractivity contribution is 0.0941. The van der Waals surface area contributed by atoms with Gasteiger partial charge >= 0.3 is 0 Å². The van der Waals surface area contributed by atoms with Gasteiger partial charge in [0.2, 0.25) is 0 Å². The molecular formula is C15H19FN4O. The van der Waals surface area contributed by atoms with E-state index in [9.17, 15) is 9.18 Å². The van der Waals surface area contributed by atoms with Gasteiger partial charge in [0.25, 0.3) is 5.91 Å². The lowest BCUT2D eigenvalue weighted by Crippen LogP contribution is -2.37. The number of carbonyl (C=O) groups excluding carboxylic acids is 1. The minimum atomic E-state index is -0.491. The molecule has 0 saturated heterocycles. The summed E-state index contributed by atoms with van der Waals surface area (Å²) in [5.74, 6) is -0.832. The highest BCUT2D eigenvalue weighted by Gasteiger charge is 2.14. The summed E-state index contributed by atoms with van der Waals surface area (Å²) in [6, 6.07) is 6.05. The fraction of sp³-hybridized carbons (Fsp3) is 0.333. The first-order chi connectivity index (χ1) is 9.92. The molecule has 5 nitrogen and oxygen atoms in total. The number of amides is 1. The number of benzene rings is 1. The van der Waals surface area contributed by atoms with E-state index in [2.05, 4.69) is 10.4 Å². The molecule has 0 saturated carbocycles. The molecule has 0 aliphatic rings. The maximum atomic E-state index is 14.2. The number of rotatable bonds is 4. The zero-order chi connectivity index (χ0) is 15.6. The van der Waals surface area contributed by atoms with Crippen molar-refractivity contribution in [1.29, 1.82) is 0 Å². The van der Waals surface area contributed by atoms with E-state index in [0.717, 1.165) is 11.4 Å². The summed E-state index contributed by atoms with van der Waals surface area (Å²) in [5.41, 5.74) is 7.68. The summed E-state index contributed by atoms with van der Waals surface area (Å²) in [7, 11) is 0. The van der Waals surface area contributed by atoms with Crippen LogP contribution < -0.4 is 11.1 Å². The number of halogens is 1. The van der Waals surface area contributed by atoms with Gasteiger partial charge < -0.3 is 11.1 Å². The molecule has 0 aliphatic heterocycles. The van der Waals surface area contributed by atoms with Gasteiger partial charge in [-0.05, 0) is 45.0 Å². The molecule has 1 amide bonds. The molecule has 112 valence electrons. The molecule has 2 rings (SSSR count). The lowest BCUT2D eigenvalue weighted by atomic mass is 10.1. The van der Waals surface area contributed by atoms with Crippen LogP contribution in [0.1, 0.15) is 28.7 Å². The standard InChI is InChI=1S/C15H19FN4O/c1-9-6-11(3)20(19-9)14-5-4-12(7-13(14)16)15(21)18-10(2)8-17/h4-7,10H,8,17H2,1-3H3,(H,18,21)/t10-/m0/s1. The van der Waals surface area contributed by atoms with Crippen LogP contribution in [-0.4, -0.2) is 28.3 Å². The predicted molar refractivity (Wildman–Crippen MR) is 79.0 cm³/mol. The summed E-state index contributed by atoms with van der Waals surface area (Å²) in [4.78, 5) is 11.9. The van der Waals surface area contributed by atoms with Gasteiger partial charge in [0.1, 0.15) is 11.5 Å². The molecule has 6 heteroatoms. The van der Waals surface area contributed by atoms with Crippen LogP contribution in [0.3, 0.4) is 0 Å². The molecule has 1 heterocycles. The second-order valence-corrected chi connectivity index (χ2v) is 5.12. The van der Waals surface area contributed by atoms with E-state index >= 15 is 0 Å². The molecule has 0 bridgehead atoms. The Balaban J connectivity index is 2.29. The molecule has 3 N–H and O–H groups in total. The van der Waals surface area contributed by atoms with Crippen LogP contribution in [0.25, 0.3) is 5.69 Å². The van der Waals surface area contributed by atoms with Crippen molar-refractivity contribution in [2.24, 2.45) is 5.73 Å². The van der Waals surface area contributed by atoms with Crippen molar-refractivity contribution in [2.45, 2.75) is 26.8 Å². The first-order valence-electron chi connectivity index (χ1n) is 6.76. The maximum Gasteiger partial charge on any atom is 0.251 e. The Morgan fingerprint density at radius 3 is 2.67 bits per heavy atom. The molecule has 0 spiro atoms. The van der Waals surface area contributed by atoms with Crippen molar-refractivity contribution in [3.05, 3.63) is 47.0 Å². The van der Waals surface area contributed by atoms with Gasteiger partial charge in [-0.25, -0.2) is 9.07 Å². The monoisotopic (exact) mass is 290 g/mol. The molecule has 21 heavy (non-hydrogen) atoms. The van der Waals surface area contributed by atoms with Gasteiger partial charge in [-0.2, -0.15) is 5.10 Å². The Hall–Kier alpha value is -2.21. The third-order valence-corrected chi connectivity index (χ3v) is 3.18. The average molecular weight is 290 g/mol. The first kappa shape index (κ1) is 15.2. The number of aryl methyl sites for hydroxylation is 2. The Morgan fingerprint density at radius 2 is 2.14 bits per heavy atom. The van der Waals surface area contributed by atoms with E-state index in [1.807, 2.05) is 19.9 Å². The Kier molecular flexibility index (Phi) is 4.37. The summed E-state index contributed by atoms with van der Waals surface area (Å²) in [6.45, 7) is 5.82. The van der Waals surface area contributed by atoms with E-state index in [0.29, 0.717) is 12.2 Å². The van der Waals surface area contributed by atoms with Crippen LogP contribution in [-0.2, 0) is 0 Å². The van der Waals surface area contributed by atoms with Crippen LogP contribution in [0, 0.1) is 19.7 Å². The van der Waals surface area contributed by atoms with Crippen molar-refractivity contribution < 1.29 is 9.18 Å². The number of hydrogen-bond acceptors (Lipinski definition) is 3. The summed E-state index contributed by atoms with van der Waals surface area (Å²) < 4.78 is 15.8. The molecule has 1 aromatic carbocycles. The molecule has 0 aliphatic carbocycles. The Labute approximate surface area is 123 Å². The smallest absolute Gasteiger partial charge is 0.251 e. The van der Waals surface area contributed by atoms with Gasteiger partial charge in [-0.3, -0.25) is 4.79 Å². The second kappa shape index (κ2) is 6.05. The largest absolute Gasteiger partial charge is 0.348 e. The van der Waals surface area contributed by atoms with Gasteiger partial charge in [-0.1, -0.05) is 0 Å². The van der Waals surface area contributed by atoms with Gasteiger partial charge in [-0.15, -0.1) is 0 Å². The van der Waals surface area contributed by atoms with E-state index < -0.39 is 5.82 Å². The molecule has 2 aromatic rings. The number of nitrogens with one attached hydrogen (secondary N) is 1. The van der Waals surface area contributed by atoms with Crippen molar-refractivity contribution >= 4 is 5.91 Å². The van der Waals surface area contributed by atoms with Crippen molar-refractivity contribution in [3.63, 3.8) is 0 Å². The van der Waals surface area contributed by atoms with Crippen molar-refractivity contribution in [1.82, 2.24) is 15.1 Å². The SMILES string of the molecule is Cc1cc(C)n(-c2ccc(C(=O)N[C@@H](C)CN)cc2F)n1. The molecule has 0 fully saturated rings. The van der Waals surface area contributed by atoms with E-state index in [1.54, 1.807) is 19.1 Å². The molecule has 0 unspecified atom stereocenters. The number of carbonyl (C=O) groups is 1. The van der Waals surface area contributed by atoms with Crippen LogP contribution in [0.4, 0.5) is 4.39 Å². The van der Waals surface area contributed by atoms with Crippen molar-refractivity contribution in [3.8, 4) is 5.69 Å². The summed E-state index contributed by atoms with van der Waals surface area (Å²) in [6.07, 6.45) is 0. The number of nitrogens with zero attached hydrogens (tertiary/aromatic N) is 2. The molecular weight excluding hydrogens is 271 g/mol. The highest BCUT2D eigenvalue weighted by Crippen LogP contribution is 2.17. The third kappa shape index (κ3) is 3.28. The lowest BCUT2D eigenvalue weighted by Gasteiger charge is -2.12. The van der Waals surface area contributed by atoms with Crippen LogP contribution in [0.15, 0.2) is 24.3 Å². The third-order valence-electron chi connectivity index (χ3n) is 3.18. The zero-order valence-electron chi connectivity index (χ0n) is 12.4. The fourth-order valence-corrected chi connectivity index (χ4v) is 2.06. The highest BCUT2D eigenvalue weighted by molar-refractivity contribution is 5.94. The van der Waals surface area contributed by atoms with Crippen LogP contribution in [0.2, 0.25) is 0 Å². The molecule has 1 aromatic heterocycles. The zero-order valence-corrected chi connectivity index (χ0v) is 12.4.